The number of fused-ring (bicyclic) bond motifs is 2. The van der Waals surface area contributed by atoms with E-state index in [0.29, 0.717) is 35.9 Å². The van der Waals surface area contributed by atoms with Crippen LogP contribution in [0.2, 0.25) is 0 Å². The molecular weight excluding hydrogens is 306 g/mol. The minimum Gasteiger partial charge on any atom is -0.382 e. The largest absolute Gasteiger partial charge is 0.382 e. The second-order valence-corrected chi connectivity index (χ2v) is 5.50. The average Bonchev–Trinajstić information content (AvgIpc) is 3.15. The monoisotopic (exact) mass is 321 g/mol. The molecule has 8 nitrogen and oxygen atoms in total. The molecule has 24 heavy (non-hydrogen) atoms. The van der Waals surface area contributed by atoms with Gasteiger partial charge in [0.1, 0.15) is 11.8 Å². The molecule has 0 amide bonds. The highest BCUT2D eigenvalue weighted by Crippen LogP contribution is 2.18. The number of para-hydroxylation sites is 2. The summed E-state index contributed by atoms with van der Waals surface area (Å²) in [5, 5.41) is 0. The number of carbonyl (C=O) groups excluding carboxylic acids is 1. The van der Waals surface area contributed by atoms with Crippen LogP contribution < -0.4 is 5.73 Å². The van der Waals surface area contributed by atoms with Crippen molar-refractivity contribution >= 4 is 33.8 Å². The highest BCUT2D eigenvalue weighted by Gasteiger charge is 2.15. The first-order valence-electron chi connectivity index (χ1n) is 7.52. The molecule has 0 bridgehead atoms. The summed E-state index contributed by atoms with van der Waals surface area (Å²) in [6.07, 6.45) is 3.10. The van der Waals surface area contributed by atoms with Gasteiger partial charge in [0.15, 0.2) is 23.1 Å². The van der Waals surface area contributed by atoms with Crippen LogP contribution in [-0.4, -0.2) is 34.9 Å². The summed E-state index contributed by atoms with van der Waals surface area (Å²) < 4.78 is 3.82. The Labute approximate surface area is 137 Å². The summed E-state index contributed by atoms with van der Waals surface area (Å²) in [5.41, 5.74) is 8.81. The van der Waals surface area contributed by atoms with E-state index >= 15 is 0 Å². The lowest BCUT2D eigenvalue weighted by Gasteiger charge is -2.08. The van der Waals surface area contributed by atoms with Gasteiger partial charge >= 0.3 is 0 Å². The van der Waals surface area contributed by atoms with E-state index < -0.39 is 0 Å². The number of nitrogens with zero attached hydrogens (tertiary/aromatic N) is 6. The van der Waals surface area contributed by atoms with Crippen LogP contribution in [0, 0.1) is 0 Å². The number of Topliss-reactive ketones (excluding diaryl/α,β-unsaturated/α-hetero) is 1. The average molecular weight is 321 g/mol. The molecule has 8 heteroatoms. The van der Waals surface area contributed by atoms with E-state index in [1.54, 1.807) is 6.33 Å². The molecule has 4 aromatic rings. The Hall–Kier alpha value is -3.29. The van der Waals surface area contributed by atoms with Gasteiger partial charge in [-0.3, -0.25) is 4.79 Å². The molecule has 3 heterocycles. The fraction of sp³-hybridized carbons (Fsp3) is 0.188. The Morgan fingerprint density at radius 2 is 2.00 bits per heavy atom. The van der Waals surface area contributed by atoms with Crippen LogP contribution in [0.1, 0.15) is 17.5 Å². The van der Waals surface area contributed by atoms with Crippen LogP contribution in [-0.2, 0) is 13.1 Å². The molecule has 2 N–H and O–H groups in total. The van der Waals surface area contributed by atoms with Crippen LogP contribution in [0.5, 0.6) is 0 Å². The third-order valence-electron chi connectivity index (χ3n) is 3.96. The molecule has 1 aromatic carbocycles. The molecule has 0 atom stereocenters. The minimum atomic E-state index is -0.0618. The Morgan fingerprint density at radius 3 is 2.83 bits per heavy atom. The number of ketones is 1. The lowest BCUT2D eigenvalue weighted by molar-refractivity contribution is 0.0999. The normalized spacial score (nSPS) is 11.4. The summed E-state index contributed by atoms with van der Waals surface area (Å²) in [5.74, 6) is 0.749. The van der Waals surface area contributed by atoms with Crippen molar-refractivity contribution in [2.24, 2.45) is 0 Å². The van der Waals surface area contributed by atoms with Gasteiger partial charge in [-0.25, -0.2) is 19.9 Å². The zero-order chi connectivity index (χ0) is 16.7. The van der Waals surface area contributed by atoms with Crippen LogP contribution in [0.4, 0.5) is 5.82 Å². The molecule has 3 aromatic heterocycles. The molecule has 120 valence electrons. The van der Waals surface area contributed by atoms with E-state index in [1.807, 2.05) is 33.4 Å². The first kappa shape index (κ1) is 14.3. The molecular formula is C16H15N7O. The fourth-order valence-corrected chi connectivity index (χ4v) is 2.84. The Morgan fingerprint density at radius 1 is 1.17 bits per heavy atom. The lowest BCUT2D eigenvalue weighted by Crippen LogP contribution is -2.12. The number of nitrogen functional groups attached to an aromatic ring is 1. The number of hydrogen-bond donors (Lipinski definition) is 1. The number of anilines is 1. The number of nitrogens with two attached hydrogens (primary N) is 1. The van der Waals surface area contributed by atoms with Crippen molar-refractivity contribution in [1.82, 2.24) is 29.1 Å². The van der Waals surface area contributed by atoms with Gasteiger partial charge in [0.25, 0.3) is 0 Å². The van der Waals surface area contributed by atoms with Crippen molar-refractivity contribution in [1.29, 1.82) is 0 Å². The Bertz CT molecular complexity index is 1060. The van der Waals surface area contributed by atoms with Crippen LogP contribution in [0.15, 0.2) is 36.9 Å². The van der Waals surface area contributed by atoms with Gasteiger partial charge in [-0.15, -0.1) is 0 Å². The zero-order valence-corrected chi connectivity index (χ0v) is 13.0. The van der Waals surface area contributed by atoms with Crippen molar-refractivity contribution in [3.05, 3.63) is 42.7 Å². The van der Waals surface area contributed by atoms with E-state index in [2.05, 4.69) is 19.9 Å². The first-order chi connectivity index (χ1) is 11.6. The number of hydrogen-bond acceptors (Lipinski definition) is 6. The number of imidazole rings is 2. The highest BCUT2D eigenvalue weighted by molar-refractivity contribution is 5.94. The van der Waals surface area contributed by atoms with Gasteiger partial charge in [0.05, 0.1) is 17.4 Å². The Kier molecular flexibility index (Phi) is 3.23. The fourth-order valence-electron chi connectivity index (χ4n) is 2.84. The number of benzene rings is 1. The van der Waals surface area contributed by atoms with E-state index in [9.17, 15) is 4.79 Å². The van der Waals surface area contributed by atoms with Gasteiger partial charge in [0, 0.05) is 20.0 Å². The Balaban J connectivity index is 1.73. The van der Waals surface area contributed by atoms with Crippen LogP contribution in [0.3, 0.4) is 0 Å². The molecule has 0 aliphatic carbocycles. The molecule has 0 fully saturated rings. The predicted octanol–water partition coefficient (Wildman–Crippen LogP) is 1.66. The topological polar surface area (TPSA) is 105 Å². The van der Waals surface area contributed by atoms with Gasteiger partial charge < -0.3 is 14.9 Å². The summed E-state index contributed by atoms with van der Waals surface area (Å²) in [4.78, 5) is 28.8. The van der Waals surface area contributed by atoms with Crippen molar-refractivity contribution in [3.63, 3.8) is 0 Å². The summed E-state index contributed by atoms with van der Waals surface area (Å²) in [6, 6.07) is 7.71. The summed E-state index contributed by atoms with van der Waals surface area (Å²) in [7, 11) is 0. The van der Waals surface area contributed by atoms with Gasteiger partial charge in [-0.1, -0.05) is 12.1 Å². The highest BCUT2D eigenvalue weighted by atomic mass is 16.1. The maximum Gasteiger partial charge on any atom is 0.195 e. The number of aromatic nitrogens is 6. The van der Waals surface area contributed by atoms with E-state index in [-0.39, 0.29) is 5.78 Å². The third-order valence-corrected chi connectivity index (χ3v) is 3.96. The molecule has 0 saturated heterocycles. The lowest BCUT2D eigenvalue weighted by atomic mass is 10.3. The molecule has 0 aliphatic rings. The van der Waals surface area contributed by atoms with Gasteiger partial charge in [-0.05, 0) is 12.1 Å². The minimum absolute atomic E-state index is 0.0618. The molecule has 0 aliphatic heterocycles. The first-order valence-corrected chi connectivity index (χ1v) is 7.52. The number of carbonyl (C=O) groups is 1. The number of aryl methyl sites for hydroxylation is 2. The third kappa shape index (κ3) is 2.19. The quantitative estimate of drug-likeness (QED) is 0.573. The zero-order valence-electron chi connectivity index (χ0n) is 13.0. The predicted molar refractivity (Wildman–Crippen MR) is 89.5 cm³/mol. The van der Waals surface area contributed by atoms with E-state index in [1.165, 1.54) is 13.3 Å². The summed E-state index contributed by atoms with van der Waals surface area (Å²) in [6.45, 7) is 2.69. The van der Waals surface area contributed by atoms with Crippen molar-refractivity contribution in [3.8, 4) is 0 Å². The smallest absolute Gasteiger partial charge is 0.195 e. The summed E-state index contributed by atoms with van der Waals surface area (Å²) >= 11 is 0. The van der Waals surface area contributed by atoms with Crippen molar-refractivity contribution < 1.29 is 4.79 Å². The molecule has 0 unspecified atom stereocenters. The standard InChI is InChI=1S/C16H15N7O/c1-10(24)15-21-11-4-2-3-5-12(11)23(15)7-6-22-9-20-13-14(17)18-8-19-16(13)22/h2-5,8-9H,6-7H2,1H3,(H2,17,18,19). The molecule has 0 saturated carbocycles. The maximum absolute atomic E-state index is 11.9. The van der Waals surface area contributed by atoms with Crippen molar-refractivity contribution in [2.75, 3.05) is 5.73 Å². The van der Waals surface area contributed by atoms with Crippen LogP contribution in [0.25, 0.3) is 22.2 Å². The van der Waals surface area contributed by atoms with Gasteiger partial charge in [-0.2, -0.15) is 0 Å². The number of rotatable bonds is 4. The second kappa shape index (κ2) is 5.41. The van der Waals surface area contributed by atoms with Gasteiger partial charge in [0.2, 0.25) is 0 Å². The van der Waals surface area contributed by atoms with E-state index in [4.69, 9.17) is 5.73 Å². The van der Waals surface area contributed by atoms with Crippen molar-refractivity contribution in [2.45, 2.75) is 20.0 Å². The van der Waals surface area contributed by atoms with E-state index in [0.717, 1.165) is 11.0 Å². The molecule has 0 radical (unpaired) electrons. The second-order valence-electron chi connectivity index (χ2n) is 5.50. The van der Waals surface area contributed by atoms with Crippen LogP contribution >= 0.6 is 0 Å². The maximum atomic E-state index is 11.9. The molecule has 4 rings (SSSR count). The molecule has 0 spiro atoms. The SMILES string of the molecule is CC(=O)c1nc2ccccc2n1CCn1cnc2c(N)ncnc21.